The third-order valence-electron chi connectivity index (χ3n) is 5.69. The molecular weight excluding hydrogens is 533 g/mol. The summed E-state index contributed by atoms with van der Waals surface area (Å²) in [6.07, 6.45) is 3.71. The lowest BCUT2D eigenvalue weighted by Crippen LogP contribution is -2.46. The van der Waals surface area contributed by atoms with Gasteiger partial charge in [0, 0.05) is 52.0 Å². The van der Waals surface area contributed by atoms with Gasteiger partial charge >= 0.3 is 0 Å². The van der Waals surface area contributed by atoms with E-state index >= 15 is 0 Å². The van der Waals surface area contributed by atoms with Crippen LogP contribution in [0.25, 0.3) is 0 Å². The number of aryl methyl sites for hydroxylation is 1. The number of rotatable bonds is 10. The number of morpholine rings is 1. The fourth-order valence-electron chi connectivity index (χ4n) is 3.85. The Morgan fingerprint density at radius 3 is 2.55 bits per heavy atom. The van der Waals surface area contributed by atoms with Gasteiger partial charge in [-0.2, -0.15) is 0 Å². The highest BCUT2D eigenvalue weighted by molar-refractivity contribution is 14.0. The van der Waals surface area contributed by atoms with Gasteiger partial charge < -0.3 is 24.7 Å². The van der Waals surface area contributed by atoms with E-state index in [-0.39, 0.29) is 35.6 Å². The maximum atomic E-state index is 11.8. The number of hydrogen-bond donors (Lipinski definition) is 2. The molecule has 1 saturated heterocycles. The van der Waals surface area contributed by atoms with Crippen LogP contribution in [0.4, 0.5) is 0 Å². The van der Waals surface area contributed by atoms with Gasteiger partial charge in [0.05, 0.1) is 26.4 Å². The van der Waals surface area contributed by atoms with Crippen LogP contribution in [0.15, 0.2) is 58.4 Å². The number of unbranched alkanes of at least 4 members (excludes halogenated alkanes) is 1. The minimum atomic E-state index is 0. The van der Waals surface area contributed by atoms with Gasteiger partial charge in [-0.25, -0.2) is 0 Å². The summed E-state index contributed by atoms with van der Waals surface area (Å²) in [4.78, 5) is 18.6. The molecule has 182 valence electrons. The first-order chi connectivity index (χ1) is 15.7. The number of methoxy groups -OCH3 is 1. The topological polar surface area (TPSA) is 80.1 Å². The maximum absolute atomic E-state index is 11.8. The quantitative estimate of drug-likeness (QED) is 0.198. The van der Waals surface area contributed by atoms with Crippen LogP contribution in [0.1, 0.15) is 24.4 Å². The van der Waals surface area contributed by atoms with Crippen molar-refractivity contribution in [1.29, 1.82) is 0 Å². The fraction of sp³-hybridized carbons (Fsp3) is 0.500. The molecule has 33 heavy (non-hydrogen) atoms. The first-order valence-electron chi connectivity index (χ1n) is 11.3. The Hall–Kier alpha value is -2.11. The van der Waals surface area contributed by atoms with Crippen molar-refractivity contribution < 1.29 is 9.47 Å². The highest BCUT2D eigenvalue weighted by Gasteiger charge is 2.23. The second-order valence-electron chi connectivity index (χ2n) is 7.76. The minimum Gasteiger partial charge on any atom is -0.497 e. The standard InChI is InChI=1S/C24H35N5O3.HI/c1-25-24(26-12-4-6-14-29-13-5-3-7-23(29)30)27-19-22(28-15-17-32-18-16-28)20-8-10-21(31-2)11-9-20;/h3,5,7-11,13,22H,4,6,12,14-19H2,1-2H3,(H2,25,26,27);1H. The minimum absolute atomic E-state index is 0. The second-order valence-corrected chi connectivity index (χ2v) is 7.76. The Balaban J connectivity index is 0.00000385. The van der Waals surface area contributed by atoms with E-state index in [0.717, 1.165) is 70.5 Å². The summed E-state index contributed by atoms with van der Waals surface area (Å²) in [5.74, 6) is 1.64. The Morgan fingerprint density at radius 2 is 1.88 bits per heavy atom. The van der Waals surface area contributed by atoms with Crippen molar-refractivity contribution in [1.82, 2.24) is 20.1 Å². The van der Waals surface area contributed by atoms with E-state index in [0.29, 0.717) is 0 Å². The van der Waals surface area contributed by atoms with Gasteiger partial charge in [-0.1, -0.05) is 18.2 Å². The van der Waals surface area contributed by atoms with Crippen LogP contribution in [-0.2, 0) is 11.3 Å². The van der Waals surface area contributed by atoms with Gasteiger partial charge in [0.2, 0.25) is 5.56 Å². The third kappa shape index (κ3) is 8.63. The van der Waals surface area contributed by atoms with E-state index in [1.165, 1.54) is 5.56 Å². The Kier molecular flexibility index (Phi) is 12.3. The van der Waals surface area contributed by atoms with Crippen molar-refractivity contribution in [2.24, 2.45) is 4.99 Å². The highest BCUT2D eigenvalue weighted by atomic mass is 127. The molecule has 1 aliphatic heterocycles. The van der Waals surface area contributed by atoms with Gasteiger partial charge in [0.25, 0.3) is 0 Å². The molecule has 2 heterocycles. The molecule has 9 heteroatoms. The number of hydrogen-bond acceptors (Lipinski definition) is 5. The Labute approximate surface area is 213 Å². The molecule has 0 radical (unpaired) electrons. The number of halogens is 1. The average molecular weight is 569 g/mol. The number of guanidine groups is 1. The van der Waals surface area contributed by atoms with Crippen LogP contribution in [0.2, 0.25) is 0 Å². The molecule has 0 aliphatic carbocycles. The molecule has 0 amide bonds. The molecule has 2 aromatic rings. The van der Waals surface area contributed by atoms with E-state index in [9.17, 15) is 4.79 Å². The van der Waals surface area contributed by atoms with Crippen LogP contribution >= 0.6 is 24.0 Å². The molecule has 1 atom stereocenters. The molecule has 0 saturated carbocycles. The lowest BCUT2D eigenvalue weighted by Gasteiger charge is -2.35. The number of benzene rings is 1. The highest BCUT2D eigenvalue weighted by Crippen LogP contribution is 2.23. The van der Waals surface area contributed by atoms with Crippen LogP contribution < -0.4 is 20.9 Å². The van der Waals surface area contributed by atoms with Crippen molar-refractivity contribution in [2.45, 2.75) is 25.4 Å². The van der Waals surface area contributed by atoms with Crippen molar-refractivity contribution >= 4 is 29.9 Å². The molecule has 0 bridgehead atoms. The number of aromatic nitrogens is 1. The molecule has 8 nitrogen and oxygen atoms in total. The monoisotopic (exact) mass is 569 g/mol. The van der Waals surface area contributed by atoms with Crippen LogP contribution in [-0.4, -0.2) is 69.0 Å². The summed E-state index contributed by atoms with van der Waals surface area (Å²) >= 11 is 0. The van der Waals surface area contributed by atoms with E-state index in [4.69, 9.17) is 9.47 Å². The van der Waals surface area contributed by atoms with E-state index in [1.807, 2.05) is 24.4 Å². The SMILES string of the molecule is CN=C(NCCCCn1ccccc1=O)NCC(c1ccc(OC)cc1)N1CCOCC1.I. The molecule has 1 fully saturated rings. The number of aliphatic imine (C=N–C) groups is 1. The van der Waals surface area contributed by atoms with Crippen LogP contribution in [0.3, 0.4) is 0 Å². The molecule has 1 aromatic heterocycles. The molecule has 2 N–H and O–H groups in total. The number of nitrogens with one attached hydrogen (secondary N) is 2. The number of pyridine rings is 1. The largest absolute Gasteiger partial charge is 0.497 e. The molecule has 1 aromatic carbocycles. The predicted octanol–water partition coefficient (Wildman–Crippen LogP) is 2.49. The second kappa shape index (κ2) is 14.9. The molecule has 1 aliphatic rings. The lowest BCUT2D eigenvalue weighted by atomic mass is 10.0. The summed E-state index contributed by atoms with van der Waals surface area (Å²) in [6, 6.07) is 13.7. The molecular formula is C24H36IN5O3. The molecule has 0 spiro atoms. The summed E-state index contributed by atoms with van der Waals surface area (Å²) in [7, 11) is 3.47. The van der Waals surface area contributed by atoms with Gasteiger partial charge in [0.1, 0.15) is 5.75 Å². The van der Waals surface area contributed by atoms with Crippen LogP contribution in [0, 0.1) is 0 Å². The van der Waals surface area contributed by atoms with E-state index in [2.05, 4.69) is 32.7 Å². The normalized spacial score (nSPS) is 15.4. The Bertz CT molecular complexity index is 897. The van der Waals surface area contributed by atoms with Crippen molar-refractivity contribution in [3.8, 4) is 5.75 Å². The van der Waals surface area contributed by atoms with Gasteiger partial charge in [-0.15, -0.1) is 24.0 Å². The number of nitrogens with zero attached hydrogens (tertiary/aromatic N) is 3. The van der Waals surface area contributed by atoms with Crippen molar-refractivity contribution in [2.75, 3.05) is 53.6 Å². The summed E-state index contributed by atoms with van der Waals surface area (Å²) < 4.78 is 12.6. The molecule has 3 rings (SSSR count). The van der Waals surface area contributed by atoms with Crippen LogP contribution in [0.5, 0.6) is 5.75 Å². The zero-order valence-corrected chi connectivity index (χ0v) is 21.9. The Morgan fingerprint density at radius 1 is 1.12 bits per heavy atom. The van der Waals surface area contributed by atoms with Crippen molar-refractivity contribution in [3.63, 3.8) is 0 Å². The maximum Gasteiger partial charge on any atom is 0.250 e. The predicted molar refractivity (Wildman–Crippen MR) is 143 cm³/mol. The summed E-state index contributed by atoms with van der Waals surface area (Å²) in [6.45, 7) is 5.59. The van der Waals surface area contributed by atoms with Gasteiger partial charge in [-0.05, 0) is 36.6 Å². The first kappa shape index (κ1) is 27.1. The van der Waals surface area contributed by atoms with Crippen molar-refractivity contribution in [3.05, 3.63) is 64.6 Å². The zero-order chi connectivity index (χ0) is 22.6. The summed E-state index contributed by atoms with van der Waals surface area (Å²) in [5.41, 5.74) is 1.29. The summed E-state index contributed by atoms with van der Waals surface area (Å²) in [5, 5.41) is 6.87. The number of ether oxygens (including phenoxy) is 2. The average Bonchev–Trinajstić information content (AvgIpc) is 2.84. The smallest absolute Gasteiger partial charge is 0.250 e. The van der Waals surface area contributed by atoms with Gasteiger partial charge in [-0.3, -0.25) is 14.7 Å². The fourth-order valence-corrected chi connectivity index (χ4v) is 3.85. The first-order valence-corrected chi connectivity index (χ1v) is 11.3. The zero-order valence-electron chi connectivity index (χ0n) is 19.5. The van der Waals surface area contributed by atoms with E-state index < -0.39 is 0 Å². The molecule has 1 unspecified atom stereocenters. The lowest BCUT2D eigenvalue weighted by molar-refractivity contribution is 0.0170. The van der Waals surface area contributed by atoms with E-state index in [1.54, 1.807) is 30.9 Å². The third-order valence-corrected chi connectivity index (χ3v) is 5.69. The van der Waals surface area contributed by atoms with Gasteiger partial charge in [0.15, 0.2) is 5.96 Å².